The Labute approximate surface area is 348 Å². The van der Waals surface area contributed by atoms with E-state index >= 15 is 0 Å². The van der Waals surface area contributed by atoms with E-state index in [0.717, 1.165) is 64.5 Å². The summed E-state index contributed by atoms with van der Waals surface area (Å²) >= 11 is 0. The number of hydrogen-bond donors (Lipinski definition) is 4. The largest absolute Gasteiger partial charge is 0.341 e. The number of anilines is 3. The van der Waals surface area contributed by atoms with Gasteiger partial charge in [0.05, 0.1) is 24.8 Å². The summed E-state index contributed by atoms with van der Waals surface area (Å²) in [5, 5.41) is 15.5. The summed E-state index contributed by atoms with van der Waals surface area (Å²) < 4.78 is 0. The van der Waals surface area contributed by atoms with E-state index in [1.54, 1.807) is 0 Å². The van der Waals surface area contributed by atoms with Crippen LogP contribution in [0.3, 0.4) is 0 Å². The van der Waals surface area contributed by atoms with Crippen molar-refractivity contribution < 1.29 is 0 Å². The molecule has 4 aliphatic heterocycles. The molecule has 1 aromatic heterocycles. The molecule has 4 fully saturated rings. The van der Waals surface area contributed by atoms with Gasteiger partial charge < -0.3 is 26.2 Å². The molecular formula is C45H84N12. The van der Waals surface area contributed by atoms with Crippen molar-refractivity contribution in [2.45, 2.75) is 244 Å². The van der Waals surface area contributed by atoms with E-state index in [-0.39, 0.29) is 68.5 Å². The molecule has 0 aromatic carbocycles. The van der Waals surface area contributed by atoms with Gasteiger partial charge in [0.2, 0.25) is 17.8 Å². The lowest BCUT2D eigenvalue weighted by molar-refractivity contribution is 0.161. The van der Waals surface area contributed by atoms with Crippen molar-refractivity contribution in [1.29, 1.82) is 0 Å². The first-order valence-corrected chi connectivity index (χ1v) is 22.2. The monoisotopic (exact) mass is 793 g/mol. The van der Waals surface area contributed by atoms with Gasteiger partial charge >= 0.3 is 0 Å². The standard InChI is InChI=1S/C45H84N12/c1-19-55(20-2)35-48-36(56(33-25-42(11,12)53-43(13,14)26-33)29-46-31-21-38(3,4)51-39(5,6)22-31)50-37(49-35)57(34-27-44(15,16)54-45(17,18)28-34)30-47-32-23-40(7,8)52-41(9,10)24-32/h29-34,51-54H,19-28H2,1-18H3. The summed E-state index contributed by atoms with van der Waals surface area (Å²) in [5.74, 6) is 2.02. The Morgan fingerprint density at radius 3 is 0.947 bits per heavy atom. The third kappa shape index (κ3) is 12.3. The smallest absolute Gasteiger partial charge is 0.237 e. The van der Waals surface area contributed by atoms with Gasteiger partial charge in [0.1, 0.15) is 0 Å². The number of rotatable bonds is 11. The van der Waals surface area contributed by atoms with Crippen molar-refractivity contribution in [3.8, 4) is 0 Å². The van der Waals surface area contributed by atoms with Crippen LogP contribution in [0.15, 0.2) is 9.98 Å². The molecule has 0 radical (unpaired) electrons. The lowest BCUT2D eigenvalue weighted by Crippen LogP contribution is -2.62. The summed E-state index contributed by atoms with van der Waals surface area (Å²) in [6, 6.07) is 0.596. The SMILES string of the molecule is CCN(CC)c1nc(N(C=NC2CC(C)(C)NC(C)(C)C2)C2CC(C)(C)NC(C)(C)C2)nc(N(C=NC2CC(C)(C)NC(C)(C)C2)C2CC(C)(C)NC(C)(C)C2)n1. The van der Waals surface area contributed by atoms with Crippen LogP contribution in [0.2, 0.25) is 0 Å². The highest BCUT2D eigenvalue weighted by molar-refractivity contribution is 5.80. The van der Waals surface area contributed by atoms with Gasteiger partial charge in [-0.2, -0.15) is 15.0 Å². The second kappa shape index (κ2) is 15.9. The number of nitrogens with one attached hydrogen (secondary N) is 4. The van der Waals surface area contributed by atoms with Gasteiger partial charge in [-0.3, -0.25) is 19.8 Å². The van der Waals surface area contributed by atoms with Crippen LogP contribution in [-0.2, 0) is 0 Å². The minimum atomic E-state index is -0.0871. The van der Waals surface area contributed by atoms with Crippen LogP contribution in [0.4, 0.5) is 17.8 Å². The molecular weight excluding hydrogens is 709 g/mol. The van der Waals surface area contributed by atoms with Gasteiger partial charge in [-0.05, 0) is 176 Å². The van der Waals surface area contributed by atoms with Crippen molar-refractivity contribution >= 4 is 30.5 Å². The molecule has 57 heavy (non-hydrogen) atoms. The molecule has 0 aliphatic carbocycles. The van der Waals surface area contributed by atoms with Crippen molar-refractivity contribution in [2.75, 3.05) is 27.8 Å². The molecule has 0 amide bonds. The second-order valence-electron chi connectivity index (χ2n) is 23.6. The molecule has 0 unspecified atom stereocenters. The van der Waals surface area contributed by atoms with E-state index < -0.39 is 0 Å². The van der Waals surface area contributed by atoms with Crippen LogP contribution in [0.25, 0.3) is 0 Å². The van der Waals surface area contributed by atoms with Crippen LogP contribution in [0.5, 0.6) is 0 Å². The molecule has 5 rings (SSSR count). The quantitative estimate of drug-likeness (QED) is 0.132. The number of hydrogen-bond acceptors (Lipinski definition) is 10. The summed E-state index contributed by atoms with van der Waals surface area (Å²) in [5.41, 5.74) is -0.409. The molecule has 324 valence electrons. The first kappa shape index (κ1) is 45.7. The summed E-state index contributed by atoms with van der Waals surface area (Å²) in [6.45, 7) is 42.9. The summed E-state index contributed by atoms with van der Waals surface area (Å²) in [6.07, 6.45) is 11.8. The average Bonchev–Trinajstić information content (AvgIpc) is 2.96. The van der Waals surface area contributed by atoms with Crippen LogP contribution in [-0.4, -0.2) is 109 Å². The van der Waals surface area contributed by atoms with Crippen LogP contribution < -0.4 is 36.0 Å². The highest BCUT2D eigenvalue weighted by Gasteiger charge is 2.44. The Morgan fingerprint density at radius 2 is 0.684 bits per heavy atom. The number of aromatic nitrogens is 3. The first-order valence-electron chi connectivity index (χ1n) is 22.2. The van der Waals surface area contributed by atoms with Gasteiger partial charge in [0, 0.05) is 69.5 Å². The fourth-order valence-corrected chi connectivity index (χ4v) is 11.9. The van der Waals surface area contributed by atoms with E-state index in [0.29, 0.717) is 17.8 Å². The van der Waals surface area contributed by atoms with Crippen molar-refractivity contribution in [3.05, 3.63) is 0 Å². The molecule has 4 N–H and O–H groups in total. The first-order chi connectivity index (χ1) is 25.9. The van der Waals surface area contributed by atoms with E-state index in [1.165, 1.54) is 0 Å². The Morgan fingerprint density at radius 1 is 0.439 bits per heavy atom. The molecule has 12 heteroatoms. The topological polar surface area (TPSA) is 121 Å². The molecule has 4 aliphatic rings. The van der Waals surface area contributed by atoms with Gasteiger partial charge in [0.15, 0.2) is 0 Å². The van der Waals surface area contributed by atoms with E-state index in [1.807, 2.05) is 0 Å². The Bertz CT molecular complexity index is 1430. The number of aliphatic imine (C=N–C) groups is 2. The lowest BCUT2D eigenvalue weighted by atomic mass is 9.79. The zero-order valence-electron chi connectivity index (χ0n) is 39.6. The van der Waals surface area contributed by atoms with E-state index in [4.69, 9.17) is 24.9 Å². The second-order valence-corrected chi connectivity index (χ2v) is 23.6. The van der Waals surface area contributed by atoms with Crippen LogP contribution in [0, 0.1) is 0 Å². The Kier molecular flexibility index (Phi) is 12.7. The lowest BCUT2D eigenvalue weighted by Gasteiger charge is -2.49. The summed E-state index contributed by atoms with van der Waals surface area (Å²) in [7, 11) is 0. The minimum absolute atomic E-state index is 0.0152. The van der Waals surface area contributed by atoms with Gasteiger partial charge in [-0.1, -0.05) is 0 Å². The zero-order chi connectivity index (χ0) is 42.6. The van der Waals surface area contributed by atoms with Crippen molar-refractivity contribution in [3.63, 3.8) is 0 Å². The zero-order valence-corrected chi connectivity index (χ0v) is 39.6. The van der Waals surface area contributed by atoms with Crippen molar-refractivity contribution in [2.24, 2.45) is 9.98 Å². The normalized spacial score (nSPS) is 27.1. The van der Waals surface area contributed by atoms with Crippen molar-refractivity contribution in [1.82, 2.24) is 36.2 Å². The Balaban J connectivity index is 1.69. The third-order valence-electron chi connectivity index (χ3n) is 12.4. The molecule has 0 atom stereocenters. The Hall–Kier alpha value is -2.41. The number of nitrogens with zero attached hydrogens (tertiary/aromatic N) is 8. The number of piperidine rings is 4. The minimum Gasteiger partial charge on any atom is -0.341 e. The van der Waals surface area contributed by atoms with Crippen LogP contribution in [0.1, 0.15) is 176 Å². The molecule has 12 nitrogen and oxygen atoms in total. The van der Waals surface area contributed by atoms with E-state index in [2.05, 4.69) is 173 Å². The molecule has 4 saturated heterocycles. The predicted molar refractivity (Wildman–Crippen MR) is 243 cm³/mol. The maximum Gasteiger partial charge on any atom is 0.237 e. The third-order valence-corrected chi connectivity index (χ3v) is 12.4. The molecule has 5 heterocycles. The molecule has 0 bridgehead atoms. The van der Waals surface area contributed by atoms with Gasteiger partial charge in [-0.15, -0.1) is 0 Å². The van der Waals surface area contributed by atoms with Gasteiger partial charge in [0.25, 0.3) is 0 Å². The fourth-order valence-electron chi connectivity index (χ4n) is 11.9. The maximum atomic E-state index is 5.52. The van der Waals surface area contributed by atoms with Gasteiger partial charge in [-0.25, -0.2) is 0 Å². The molecule has 1 aromatic rings. The average molecular weight is 793 g/mol. The van der Waals surface area contributed by atoms with E-state index in [9.17, 15) is 0 Å². The summed E-state index contributed by atoms with van der Waals surface area (Å²) in [4.78, 5) is 34.0. The highest BCUT2D eigenvalue weighted by Crippen LogP contribution is 2.37. The maximum absolute atomic E-state index is 5.52. The predicted octanol–water partition coefficient (Wildman–Crippen LogP) is 7.62. The fraction of sp³-hybridized carbons (Fsp3) is 0.889. The van der Waals surface area contributed by atoms with Crippen LogP contribution >= 0.6 is 0 Å². The molecule has 0 saturated carbocycles. The highest BCUT2D eigenvalue weighted by atomic mass is 15.4. The molecule has 0 spiro atoms.